The van der Waals surface area contributed by atoms with E-state index in [-0.39, 0.29) is 16.8 Å². The summed E-state index contributed by atoms with van der Waals surface area (Å²) in [6, 6.07) is 15.3. The third-order valence-electron chi connectivity index (χ3n) is 5.01. The van der Waals surface area contributed by atoms with Crippen molar-refractivity contribution in [3.05, 3.63) is 82.4 Å². The number of hydrogen-bond donors (Lipinski definition) is 1. The van der Waals surface area contributed by atoms with Crippen LogP contribution in [0.2, 0.25) is 5.02 Å². The van der Waals surface area contributed by atoms with Crippen molar-refractivity contribution in [1.82, 2.24) is 14.5 Å². The van der Waals surface area contributed by atoms with E-state index in [9.17, 15) is 31.6 Å². The molecule has 1 aromatic heterocycles. The van der Waals surface area contributed by atoms with Gasteiger partial charge >= 0.3 is 6.18 Å². The molecule has 0 unspecified atom stereocenters. The van der Waals surface area contributed by atoms with Gasteiger partial charge in [0.25, 0.3) is 5.91 Å². The van der Waals surface area contributed by atoms with Crippen molar-refractivity contribution in [2.75, 3.05) is 6.26 Å². The van der Waals surface area contributed by atoms with E-state index in [1.54, 1.807) is 18.2 Å². The minimum absolute atomic E-state index is 0.0180. The van der Waals surface area contributed by atoms with Crippen LogP contribution in [0.1, 0.15) is 21.5 Å². The second-order valence-electron chi connectivity index (χ2n) is 7.54. The topological polar surface area (TPSA) is 105 Å². The highest BCUT2D eigenvalue weighted by molar-refractivity contribution is 7.89. The quantitative estimate of drug-likeness (QED) is 0.412. The Labute approximate surface area is 202 Å². The molecule has 7 nitrogen and oxygen atoms in total. The molecule has 0 aliphatic rings. The van der Waals surface area contributed by atoms with Crippen molar-refractivity contribution in [2.24, 2.45) is 0 Å². The number of nitrogens with zero attached hydrogens (tertiary/aromatic N) is 3. The number of benzene rings is 3. The van der Waals surface area contributed by atoms with Gasteiger partial charge in [-0.2, -0.15) is 23.5 Å². The van der Waals surface area contributed by atoms with E-state index in [0.717, 1.165) is 18.4 Å². The Morgan fingerprint density at radius 3 is 2.37 bits per heavy atom. The number of rotatable bonds is 4. The molecular formula is C23H14ClF3N4O3S. The van der Waals surface area contributed by atoms with Crippen LogP contribution in [0.4, 0.5) is 13.2 Å². The second-order valence-corrected chi connectivity index (χ2v) is 9.73. The van der Waals surface area contributed by atoms with Gasteiger partial charge in [0.1, 0.15) is 11.8 Å². The van der Waals surface area contributed by atoms with E-state index in [2.05, 4.69) is 5.10 Å². The number of amides is 1. The lowest BCUT2D eigenvalue weighted by Gasteiger charge is -2.09. The first kappa shape index (κ1) is 24.3. The predicted molar refractivity (Wildman–Crippen MR) is 124 cm³/mol. The first-order valence-corrected chi connectivity index (χ1v) is 12.1. The van der Waals surface area contributed by atoms with Gasteiger partial charge in [-0.1, -0.05) is 23.7 Å². The molecule has 0 fully saturated rings. The molecule has 178 valence electrons. The Bertz CT molecular complexity index is 1620. The molecule has 0 radical (unpaired) electrons. The highest BCUT2D eigenvalue weighted by Crippen LogP contribution is 2.35. The van der Waals surface area contributed by atoms with Crippen LogP contribution in [-0.2, 0) is 16.2 Å². The number of aromatic nitrogens is 2. The summed E-state index contributed by atoms with van der Waals surface area (Å²) in [5.41, 5.74) is 0.661. The zero-order chi connectivity index (χ0) is 25.5. The van der Waals surface area contributed by atoms with Crippen LogP contribution in [0, 0.1) is 11.3 Å². The average Bonchev–Trinajstić information content (AvgIpc) is 3.15. The van der Waals surface area contributed by atoms with Crippen LogP contribution in [0.15, 0.2) is 60.7 Å². The molecule has 0 spiro atoms. The Balaban J connectivity index is 1.87. The lowest BCUT2D eigenvalue weighted by atomic mass is 10.1. The van der Waals surface area contributed by atoms with Crippen LogP contribution in [0.25, 0.3) is 27.8 Å². The van der Waals surface area contributed by atoms with Gasteiger partial charge in [0, 0.05) is 21.5 Å². The highest BCUT2D eigenvalue weighted by Gasteiger charge is 2.30. The molecule has 35 heavy (non-hydrogen) atoms. The van der Waals surface area contributed by atoms with Crippen LogP contribution in [0.3, 0.4) is 0 Å². The van der Waals surface area contributed by atoms with Crippen molar-refractivity contribution in [3.63, 3.8) is 0 Å². The number of nitrogens with one attached hydrogen (secondary N) is 1. The number of hydrogen-bond acceptors (Lipinski definition) is 5. The van der Waals surface area contributed by atoms with Crippen LogP contribution >= 0.6 is 11.6 Å². The third kappa shape index (κ3) is 4.99. The molecule has 12 heteroatoms. The minimum atomic E-state index is -4.49. The molecule has 4 rings (SSSR count). The number of fused-ring (bicyclic) bond motifs is 1. The summed E-state index contributed by atoms with van der Waals surface area (Å²) in [4.78, 5) is 12.2. The average molecular weight is 519 g/mol. The van der Waals surface area contributed by atoms with E-state index in [0.29, 0.717) is 27.2 Å². The molecule has 0 aliphatic heterocycles. The van der Waals surface area contributed by atoms with Crippen LogP contribution < -0.4 is 4.72 Å². The Kier molecular flexibility index (Phi) is 6.04. The van der Waals surface area contributed by atoms with Gasteiger partial charge in [-0.25, -0.2) is 17.8 Å². The summed E-state index contributed by atoms with van der Waals surface area (Å²) in [5.74, 6) is -0.905. The number of alkyl halides is 3. The van der Waals surface area contributed by atoms with Gasteiger partial charge in [0.2, 0.25) is 10.0 Å². The van der Waals surface area contributed by atoms with E-state index >= 15 is 0 Å². The monoisotopic (exact) mass is 518 g/mol. The van der Waals surface area contributed by atoms with Crippen molar-refractivity contribution < 1.29 is 26.4 Å². The molecule has 3 aromatic carbocycles. The minimum Gasteiger partial charge on any atom is -0.268 e. The van der Waals surface area contributed by atoms with Gasteiger partial charge in [-0.3, -0.25) is 4.79 Å². The van der Waals surface area contributed by atoms with E-state index in [1.165, 1.54) is 35.0 Å². The fourth-order valence-electron chi connectivity index (χ4n) is 3.48. The Morgan fingerprint density at radius 1 is 1.09 bits per heavy atom. The fourth-order valence-corrected chi connectivity index (χ4v) is 4.11. The number of sulfonamides is 1. The summed E-state index contributed by atoms with van der Waals surface area (Å²) < 4.78 is 64.9. The maximum Gasteiger partial charge on any atom is 0.416 e. The number of halogens is 4. The lowest BCUT2D eigenvalue weighted by molar-refractivity contribution is -0.137. The molecular weight excluding hydrogens is 505 g/mol. The molecule has 0 atom stereocenters. The van der Waals surface area contributed by atoms with Gasteiger partial charge < -0.3 is 0 Å². The summed E-state index contributed by atoms with van der Waals surface area (Å²) in [7, 11) is -3.81. The van der Waals surface area contributed by atoms with Crippen LogP contribution in [0.5, 0.6) is 0 Å². The molecule has 4 aromatic rings. The van der Waals surface area contributed by atoms with Gasteiger partial charge in [-0.15, -0.1) is 0 Å². The highest BCUT2D eigenvalue weighted by atomic mass is 35.5. The molecule has 0 saturated heterocycles. The predicted octanol–water partition coefficient (Wildman–Crippen LogP) is 4.93. The van der Waals surface area contributed by atoms with E-state index in [4.69, 9.17) is 11.6 Å². The zero-order valence-corrected chi connectivity index (χ0v) is 19.3. The summed E-state index contributed by atoms with van der Waals surface area (Å²) >= 11 is 6.15. The standard InChI is InChI=1S/C23H14ClF3N4O3S/c1-35(33,34)30-22(32)14-4-8-19(15(10-14)12-28)31-20-9-7-17(24)11-18(20)21(29-31)13-2-5-16(6-3-13)23(25,26)27/h2-11H,1H3,(H,30,32). The fraction of sp³-hybridized carbons (Fsp3) is 0.0870. The summed E-state index contributed by atoms with van der Waals surface area (Å²) in [5, 5.41) is 15.1. The first-order valence-electron chi connectivity index (χ1n) is 9.80. The van der Waals surface area contributed by atoms with Gasteiger partial charge in [0.15, 0.2) is 0 Å². The number of nitriles is 1. The summed E-state index contributed by atoms with van der Waals surface area (Å²) in [6.07, 6.45) is -3.66. The van der Waals surface area contributed by atoms with Crippen molar-refractivity contribution in [2.45, 2.75) is 6.18 Å². The van der Waals surface area contributed by atoms with Crippen LogP contribution in [-0.4, -0.2) is 30.4 Å². The number of carbonyl (C=O) groups excluding carboxylic acids is 1. The SMILES string of the molecule is CS(=O)(=O)NC(=O)c1ccc(-n2nc(-c3ccc(C(F)(F)F)cc3)c3cc(Cl)ccc32)c(C#N)c1. The molecule has 1 amide bonds. The summed E-state index contributed by atoms with van der Waals surface area (Å²) in [6.45, 7) is 0. The maximum atomic E-state index is 13.0. The Morgan fingerprint density at radius 2 is 1.77 bits per heavy atom. The van der Waals surface area contributed by atoms with Crippen molar-refractivity contribution in [3.8, 4) is 23.0 Å². The first-order chi connectivity index (χ1) is 16.4. The smallest absolute Gasteiger partial charge is 0.268 e. The maximum absolute atomic E-state index is 13.0. The zero-order valence-electron chi connectivity index (χ0n) is 17.8. The number of carbonyl (C=O) groups is 1. The van der Waals surface area contributed by atoms with Crippen molar-refractivity contribution in [1.29, 1.82) is 5.26 Å². The van der Waals surface area contributed by atoms with E-state index < -0.39 is 27.7 Å². The molecule has 1 heterocycles. The Hall–Kier alpha value is -3.88. The van der Waals surface area contributed by atoms with Crippen molar-refractivity contribution >= 4 is 38.4 Å². The molecule has 0 aliphatic carbocycles. The van der Waals surface area contributed by atoms with E-state index in [1.807, 2.05) is 10.8 Å². The molecule has 1 N–H and O–H groups in total. The van der Waals surface area contributed by atoms with Gasteiger partial charge in [-0.05, 0) is 48.5 Å². The lowest BCUT2D eigenvalue weighted by Crippen LogP contribution is -2.29. The molecule has 0 saturated carbocycles. The third-order valence-corrected chi connectivity index (χ3v) is 5.80. The second kappa shape index (κ2) is 8.72. The normalized spacial score (nSPS) is 11.9. The molecule has 0 bridgehead atoms. The largest absolute Gasteiger partial charge is 0.416 e. The van der Waals surface area contributed by atoms with Gasteiger partial charge in [0.05, 0.1) is 28.6 Å².